The van der Waals surface area contributed by atoms with Crippen molar-refractivity contribution >= 4 is 17.5 Å². The van der Waals surface area contributed by atoms with E-state index in [0.717, 1.165) is 11.6 Å². The molecule has 0 saturated carbocycles. The average molecular weight is 366 g/mol. The van der Waals surface area contributed by atoms with Crippen molar-refractivity contribution in [3.05, 3.63) is 53.3 Å². The van der Waals surface area contributed by atoms with Gasteiger partial charge in [-0.25, -0.2) is 13.2 Å². The van der Waals surface area contributed by atoms with Crippen molar-refractivity contribution in [1.29, 1.82) is 0 Å². The first-order valence-corrected chi connectivity index (χ1v) is 7.52. The summed E-state index contributed by atoms with van der Waals surface area (Å²) < 4.78 is 49.8. The minimum Gasteiger partial charge on any atom is -0.454 e. The zero-order valence-electron chi connectivity index (χ0n) is 13.3. The van der Waals surface area contributed by atoms with Crippen LogP contribution in [0.25, 0.3) is 0 Å². The van der Waals surface area contributed by atoms with Crippen LogP contribution in [0.4, 0.5) is 18.9 Å². The standard InChI is InChI=1S/C17H13F3N2O4/c18-10-2-3-11(17(20)16(10)19)22-15(24)6-14(23)21-7-9-1-4-12-13(5-9)26-8-25-12/h1-5H,6-8H2,(H,21,23)(H,22,24). The number of ether oxygens (including phenoxy) is 2. The number of rotatable bonds is 5. The van der Waals surface area contributed by atoms with Gasteiger partial charge in [-0.15, -0.1) is 0 Å². The quantitative estimate of drug-likeness (QED) is 0.630. The van der Waals surface area contributed by atoms with Crippen molar-refractivity contribution in [1.82, 2.24) is 5.32 Å². The average Bonchev–Trinajstić information content (AvgIpc) is 3.08. The largest absolute Gasteiger partial charge is 0.454 e. The molecular formula is C17H13F3N2O4. The summed E-state index contributed by atoms with van der Waals surface area (Å²) in [6.45, 7) is 0.272. The fourth-order valence-corrected chi connectivity index (χ4v) is 2.28. The van der Waals surface area contributed by atoms with E-state index in [0.29, 0.717) is 17.6 Å². The summed E-state index contributed by atoms with van der Waals surface area (Å²) in [5.41, 5.74) is 0.187. The summed E-state index contributed by atoms with van der Waals surface area (Å²) in [6.07, 6.45) is -0.608. The van der Waals surface area contributed by atoms with Crippen molar-refractivity contribution in [2.45, 2.75) is 13.0 Å². The first kappa shape index (κ1) is 17.6. The number of carbonyl (C=O) groups excluding carboxylic acids is 2. The molecule has 0 fully saturated rings. The predicted octanol–water partition coefficient (Wildman–Crippen LogP) is 2.48. The highest BCUT2D eigenvalue weighted by molar-refractivity contribution is 6.03. The Morgan fingerprint density at radius 1 is 0.962 bits per heavy atom. The molecule has 1 heterocycles. The van der Waals surface area contributed by atoms with Crippen LogP contribution in [0, 0.1) is 17.5 Å². The number of fused-ring (bicyclic) bond motifs is 1. The van der Waals surface area contributed by atoms with Gasteiger partial charge in [-0.3, -0.25) is 9.59 Å². The van der Waals surface area contributed by atoms with E-state index in [-0.39, 0.29) is 13.3 Å². The van der Waals surface area contributed by atoms with E-state index < -0.39 is 41.4 Å². The highest BCUT2D eigenvalue weighted by Gasteiger charge is 2.17. The lowest BCUT2D eigenvalue weighted by Gasteiger charge is -2.08. The summed E-state index contributed by atoms with van der Waals surface area (Å²) in [7, 11) is 0. The Kier molecular flexibility index (Phi) is 4.97. The van der Waals surface area contributed by atoms with Crippen molar-refractivity contribution < 1.29 is 32.2 Å². The van der Waals surface area contributed by atoms with E-state index in [1.165, 1.54) is 0 Å². The molecule has 2 aromatic rings. The lowest BCUT2D eigenvalue weighted by atomic mass is 10.2. The summed E-state index contributed by atoms with van der Waals surface area (Å²) in [4.78, 5) is 23.5. The molecule has 6 nitrogen and oxygen atoms in total. The molecule has 0 aromatic heterocycles. The second-order valence-corrected chi connectivity index (χ2v) is 5.41. The van der Waals surface area contributed by atoms with Crippen LogP contribution in [0.3, 0.4) is 0 Å². The third-order valence-electron chi connectivity index (χ3n) is 3.56. The van der Waals surface area contributed by atoms with E-state index in [1.807, 2.05) is 5.32 Å². The molecule has 26 heavy (non-hydrogen) atoms. The molecule has 0 spiro atoms. The van der Waals surface area contributed by atoms with Crippen molar-refractivity contribution in [2.75, 3.05) is 12.1 Å². The molecule has 0 aliphatic carbocycles. The molecule has 2 amide bonds. The molecule has 1 aliphatic heterocycles. The van der Waals surface area contributed by atoms with Crippen LogP contribution < -0.4 is 20.1 Å². The lowest BCUT2D eigenvalue weighted by molar-refractivity contribution is -0.126. The van der Waals surface area contributed by atoms with Crippen molar-refractivity contribution in [3.63, 3.8) is 0 Å². The van der Waals surface area contributed by atoms with Crippen LogP contribution in [0.1, 0.15) is 12.0 Å². The summed E-state index contributed by atoms with van der Waals surface area (Å²) in [5.74, 6) is -4.92. The lowest BCUT2D eigenvalue weighted by Crippen LogP contribution is -2.28. The van der Waals surface area contributed by atoms with Crippen LogP contribution in [-0.4, -0.2) is 18.6 Å². The molecule has 3 rings (SSSR count). The molecule has 0 saturated heterocycles. The summed E-state index contributed by atoms with van der Waals surface area (Å²) in [6, 6.07) is 6.66. The van der Waals surface area contributed by atoms with Crippen LogP contribution in [0.5, 0.6) is 11.5 Å². The summed E-state index contributed by atoms with van der Waals surface area (Å²) >= 11 is 0. The Morgan fingerprint density at radius 2 is 1.73 bits per heavy atom. The normalized spacial score (nSPS) is 12.0. The van der Waals surface area contributed by atoms with Gasteiger partial charge in [0.05, 0.1) is 5.69 Å². The molecule has 1 aliphatic rings. The Balaban J connectivity index is 1.52. The van der Waals surface area contributed by atoms with Gasteiger partial charge >= 0.3 is 0 Å². The first-order valence-electron chi connectivity index (χ1n) is 7.52. The minimum absolute atomic E-state index is 0.131. The Bertz CT molecular complexity index is 873. The maximum Gasteiger partial charge on any atom is 0.233 e. The molecule has 9 heteroatoms. The fourth-order valence-electron chi connectivity index (χ4n) is 2.28. The van der Waals surface area contributed by atoms with Crippen LogP contribution in [0.15, 0.2) is 30.3 Å². The SMILES string of the molecule is O=C(CC(=O)Nc1ccc(F)c(F)c1F)NCc1ccc2c(c1)OCO2. The summed E-state index contributed by atoms with van der Waals surface area (Å²) in [5, 5.41) is 4.54. The molecule has 0 atom stereocenters. The Morgan fingerprint density at radius 3 is 2.54 bits per heavy atom. The van der Waals surface area contributed by atoms with E-state index in [2.05, 4.69) is 5.32 Å². The van der Waals surface area contributed by atoms with E-state index in [9.17, 15) is 22.8 Å². The molecule has 0 unspecified atom stereocenters. The van der Waals surface area contributed by atoms with Gasteiger partial charge in [0.1, 0.15) is 6.42 Å². The van der Waals surface area contributed by atoms with Gasteiger partial charge in [0, 0.05) is 6.54 Å². The zero-order chi connectivity index (χ0) is 18.7. The smallest absolute Gasteiger partial charge is 0.233 e. The highest BCUT2D eigenvalue weighted by Crippen LogP contribution is 2.32. The Hall–Kier alpha value is -3.23. The highest BCUT2D eigenvalue weighted by atomic mass is 19.2. The second-order valence-electron chi connectivity index (χ2n) is 5.41. The minimum atomic E-state index is -1.70. The van der Waals surface area contributed by atoms with Gasteiger partial charge in [0.15, 0.2) is 29.0 Å². The number of anilines is 1. The number of benzene rings is 2. The van der Waals surface area contributed by atoms with Gasteiger partial charge in [-0.2, -0.15) is 0 Å². The van der Waals surface area contributed by atoms with Crippen LogP contribution in [0.2, 0.25) is 0 Å². The third kappa shape index (κ3) is 3.88. The van der Waals surface area contributed by atoms with Gasteiger partial charge < -0.3 is 20.1 Å². The molecule has 2 N–H and O–H groups in total. The van der Waals surface area contributed by atoms with Crippen molar-refractivity contribution in [2.24, 2.45) is 0 Å². The Labute approximate surface area is 145 Å². The zero-order valence-corrected chi connectivity index (χ0v) is 13.3. The van der Waals surface area contributed by atoms with E-state index >= 15 is 0 Å². The van der Waals surface area contributed by atoms with Gasteiger partial charge in [0.25, 0.3) is 0 Å². The van der Waals surface area contributed by atoms with Gasteiger partial charge in [0.2, 0.25) is 18.6 Å². The third-order valence-corrected chi connectivity index (χ3v) is 3.56. The van der Waals surface area contributed by atoms with Crippen molar-refractivity contribution in [3.8, 4) is 11.5 Å². The number of nitrogens with one attached hydrogen (secondary N) is 2. The number of carbonyl (C=O) groups is 2. The maximum atomic E-state index is 13.5. The van der Waals surface area contributed by atoms with Gasteiger partial charge in [-0.1, -0.05) is 6.07 Å². The second kappa shape index (κ2) is 7.34. The molecule has 136 valence electrons. The van der Waals surface area contributed by atoms with E-state index in [1.54, 1.807) is 18.2 Å². The number of hydrogen-bond acceptors (Lipinski definition) is 4. The fraction of sp³-hybridized carbons (Fsp3) is 0.176. The molecule has 2 aromatic carbocycles. The molecule has 0 radical (unpaired) electrons. The topological polar surface area (TPSA) is 76.7 Å². The molecule has 0 bridgehead atoms. The first-order chi connectivity index (χ1) is 12.4. The van der Waals surface area contributed by atoms with E-state index in [4.69, 9.17) is 9.47 Å². The molecular weight excluding hydrogens is 353 g/mol. The number of amides is 2. The van der Waals surface area contributed by atoms with Crippen LogP contribution in [-0.2, 0) is 16.1 Å². The van der Waals surface area contributed by atoms with Crippen LogP contribution >= 0.6 is 0 Å². The van der Waals surface area contributed by atoms with Gasteiger partial charge in [-0.05, 0) is 29.8 Å². The monoisotopic (exact) mass is 366 g/mol. The predicted molar refractivity (Wildman–Crippen MR) is 84.0 cm³/mol. The number of hydrogen-bond donors (Lipinski definition) is 2. The maximum absolute atomic E-state index is 13.5. The number of halogens is 3.